The number of nitrogens with zero attached hydrogens (tertiary/aromatic N) is 1. The summed E-state index contributed by atoms with van der Waals surface area (Å²) in [6.45, 7) is 2.30. The van der Waals surface area contributed by atoms with Gasteiger partial charge in [0.15, 0.2) is 0 Å². The van der Waals surface area contributed by atoms with Gasteiger partial charge in [0.2, 0.25) is 0 Å². The number of amides is 1. The van der Waals surface area contributed by atoms with E-state index in [1.165, 1.54) is 25.8 Å². The van der Waals surface area contributed by atoms with Gasteiger partial charge in [0, 0.05) is 24.3 Å². The molecule has 2 saturated heterocycles. The Balaban J connectivity index is 0.00000110. The fourth-order valence-corrected chi connectivity index (χ4v) is 3.37. The zero-order valence-corrected chi connectivity index (χ0v) is 13.6. The van der Waals surface area contributed by atoms with E-state index < -0.39 is 0 Å². The first kappa shape index (κ1) is 18.1. The number of piperidine rings is 1. The quantitative estimate of drug-likeness (QED) is 0.818. The minimum absolute atomic E-state index is 0. The molecule has 6 heteroatoms. The van der Waals surface area contributed by atoms with Gasteiger partial charge in [-0.2, -0.15) is 0 Å². The lowest BCUT2D eigenvalue weighted by Gasteiger charge is -2.32. The molecule has 0 bridgehead atoms. The predicted octanol–water partition coefficient (Wildman–Crippen LogP) is 2.47. The summed E-state index contributed by atoms with van der Waals surface area (Å²) < 4.78 is 0. The lowest BCUT2D eigenvalue weighted by molar-refractivity contribution is 0.0916. The summed E-state index contributed by atoms with van der Waals surface area (Å²) in [4.78, 5) is 14.8. The smallest absolute Gasteiger partial charge is 0.253 e. The van der Waals surface area contributed by atoms with Gasteiger partial charge in [-0.15, -0.1) is 24.8 Å². The van der Waals surface area contributed by atoms with Crippen LogP contribution in [0.3, 0.4) is 0 Å². The predicted molar refractivity (Wildman–Crippen MR) is 90.4 cm³/mol. The Morgan fingerprint density at radius 1 is 1.14 bits per heavy atom. The molecule has 118 valence electrons. The van der Waals surface area contributed by atoms with E-state index in [1.807, 2.05) is 12.1 Å². The molecule has 2 heterocycles. The van der Waals surface area contributed by atoms with E-state index >= 15 is 0 Å². The highest BCUT2D eigenvalue weighted by molar-refractivity contribution is 5.99. The molecule has 1 amide bonds. The molecule has 2 fully saturated rings. The fraction of sp³-hybridized carbons (Fsp3) is 0.533. The van der Waals surface area contributed by atoms with Gasteiger partial charge in [-0.25, -0.2) is 0 Å². The summed E-state index contributed by atoms with van der Waals surface area (Å²) in [7, 11) is 0. The highest BCUT2D eigenvalue weighted by atomic mass is 35.5. The average molecular weight is 332 g/mol. The summed E-state index contributed by atoms with van der Waals surface area (Å²) in [5.41, 5.74) is 7.00. The van der Waals surface area contributed by atoms with E-state index in [-0.39, 0.29) is 36.8 Å². The van der Waals surface area contributed by atoms with Gasteiger partial charge in [-0.1, -0.05) is 18.6 Å². The zero-order valence-electron chi connectivity index (χ0n) is 12.0. The first-order valence-corrected chi connectivity index (χ1v) is 7.15. The Kier molecular flexibility index (Phi) is 6.78. The van der Waals surface area contributed by atoms with Crippen LogP contribution in [0.15, 0.2) is 24.3 Å². The van der Waals surface area contributed by atoms with E-state index in [9.17, 15) is 4.79 Å². The molecule has 0 spiro atoms. The molecule has 4 nitrogen and oxygen atoms in total. The van der Waals surface area contributed by atoms with Gasteiger partial charge in [-0.3, -0.25) is 9.69 Å². The van der Waals surface area contributed by atoms with Crippen LogP contribution in [-0.2, 0) is 0 Å². The van der Waals surface area contributed by atoms with Gasteiger partial charge in [0.1, 0.15) is 0 Å². The molecule has 2 aliphatic rings. The van der Waals surface area contributed by atoms with E-state index in [4.69, 9.17) is 5.73 Å². The van der Waals surface area contributed by atoms with Crippen LogP contribution in [0.25, 0.3) is 0 Å². The Hall–Kier alpha value is -0.970. The lowest BCUT2D eigenvalue weighted by Crippen LogP contribution is -2.46. The van der Waals surface area contributed by atoms with Crippen LogP contribution in [-0.4, -0.2) is 36.0 Å². The standard InChI is InChI=1S/C15H21N3O.2ClH/c16-12-6-2-1-5-11(12)15(19)17-13-8-10-18-9-4-3-7-14(13)18;;/h1-2,5-6,13-14H,3-4,7-10,16H2,(H,17,19);2*1H. The molecule has 3 rings (SSSR count). The van der Waals surface area contributed by atoms with Crippen molar-refractivity contribution in [2.24, 2.45) is 0 Å². The van der Waals surface area contributed by atoms with E-state index in [1.54, 1.807) is 12.1 Å². The highest BCUT2D eigenvalue weighted by Crippen LogP contribution is 2.27. The van der Waals surface area contributed by atoms with Crippen molar-refractivity contribution in [3.8, 4) is 0 Å². The molecular formula is C15H23Cl2N3O. The monoisotopic (exact) mass is 331 g/mol. The van der Waals surface area contributed by atoms with Crippen molar-refractivity contribution in [1.29, 1.82) is 0 Å². The molecule has 2 aliphatic heterocycles. The third-order valence-corrected chi connectivity index (χ3v) is 4.38. The van der Waals surface area contributed by atoms with Crippen molar-refractivity contribution >= 4 is 36.4 Å². The molecule has 0 aromatic heterocycles. The van der Waals surface area contributed by atoms with Crippen molar-refractivity contribution < 1.29 is 4.79 Å². The molecule has 2 unspecified atom stereocenters. The summed E-state index contributed by atoms with van der Waals surface area (Å²) in [6.07, 6.45) is 4.84. The number of hydrogen-bond donors (Lipinski definition) is 2. The SMILES string of the molecule is Cl.Cl.Nc1ccccc1C(=O)NC1CCN2CCCCC12. The number of carbonyl (C=O) groups excluding carboxylic acids is 1. The van der Waals surface area contributed by atoms with Crippen LogP contribution >= 0.6 is 24.8 Å². The van der Waals surface area contributed by atoms with E-state index in [0.29, 0.717) is 17.3 Å². The molecule has 1 aromatic rings. The molecular weight excluding hydrogens is 309 g/mol. The first-order valence-electron chi connectivity index (χ1n) is 7.15. The van der Waals surface area contributed by atoms with E-state index in [2.05, 4.69) is 10.2 Å². The number of benzene rings is 1. The second-order valence-electron chi connectivity index (χ2n) is 5.55. The third-order valence-electron chi connectivity index (χ3n) is 4.38. The summed E-state index contributed by atoms with van der Waals surface area (Å²) >= 11 is 0. The zero-order chi connectivity index (χ0) is 13.2. The van der Waals surface area contributed by atoms with Crippen LogP contribution in [0.1, 0.15) is 36.0 Å². The molecule has 0 saturated carbocycles. The number of hydrogen-bond acceptors (Lipinski definition) is 3. The average Bonchev–Trinajstić information content (AvgIpc) is 2.83. The summed E-state index contributed by atoms with van der Waals surface area (Å²) in [6, 6.07) is 8.08. The summed E-state index contributed by atoms with van der Waals surface area (Å²) in [5, 5.41) is 3.17. The van der Waals surface area contributed by atoms with E-state index in [0.717, 1.165) is 13.0 Å². The largest absolute Gasteiger partial charge is 0.398 e. The van der Waals surface area contributed by atoms with Crippen molar-refractivity contribution in [1.82, 2.24) is 10.2 Å². The molecule has 21 heavy (non-hydrogen) atoms. The van der Waals surface area contributed by atoms with Crippen molar-refractivity contribution in [3.05, 3.63) is 29.8 Å². The number of halogens is 2. The van der Waals surface area contributed by atoms with Crippen LogP contribution in [0.4, 0.5) is 5.69 Å². The lowest BCUT2D eigenvalue weighted by atomic mass is 9.98. The maximum atomic E-state index is 12.3. The fourth-order valence-electron chi connectivity index (χ4n) is 3.37. The molecule has 0 aliphatic carbocycles. The second kappa shape index (κ2) is 7.87. The Morgan fingerprint density at radius 2 is 1.90 bits per heavy atom. The number of nitrogens with two attached hydrogens (primary N) is 1. The number of anilines is 1. The van der Waals surface area contributed by atoms with Gasteiger partial charge < -0.3 is 11.1 Å². The molecule has 3 N–H and O–H groups in total. The van der Waals surface area contributed by atoms with Crippen LogP contribution < -0.4 is 11.1 Å². The van der Waals surface area contributed by atoms with Crippen molar-refractivity contribution in [2.45, 2.75) is 37.8 Å². The van der Waals surface area contributed by atoms with Gasteiger partial charge in [0.25, 0.3) is 5.91 Å². The Labute approximate surface area is 138 Å². The van der Waals surface area contributed by atoms with Crippen molar-refractivity contribution in [2.75, 3.05) is 18.8 Å². The topological polar surface area (TPSA) is 58.4 Å². The van der Waals surface area contributed by atoms with Gasteiger partial charge >= 0.3 is 0 Å². The van der Waals surface area contributed by atoms with Crippen LogP contribution in [0.2, 0.25) is 0 Å². The molecule has 0 radical (unpaired) electrons. The third kappa shape index (κ3) is 3.82. The maximum Gasteiger partial charge on any atom is 0.253 e. The number of carbonyl (C=O) groups is 1. The van der Waals surface area contributed by atoms with Gasteiger partial charge in [-0.05, 0) is 37.9 Å². The van der Waals surface area contributed by atoms with Gasteiger partial charge in [0.05, 0.1) is 5.56 Å². The number of fused-ring (bicyclic) bond motifs is 1. The maximum absolute atomic E-state index is 12.3. The number of nitrogens with one attached hydrogen (secondary N) is 1. The van der Waals surface area contributed by atoms with Crippen LogP contribution in [0.5, 0.6) is 0 Å². The minimum atomic E-state index is -0.0319. The van der Waals surface area contributed by atoms with Crippen molar-refractivity contribution in [3.63, 3.8) is 0 Å². The number of para-hydroxylation sites is 1. The molecule has 1 aromatic carbocycles. The summed E-state index contributed by atoms with van der Waals surface area (Å²) in [5.74, 6) is -0.0319. The Morgan fingerprint density at radius 3 is 2.67 bits per heavy atom. The Bertz CT molecular complexity index is 484. The second-order valence-corrected chi connectivity index (χ2v) is 5.55. The first-order chi connectivity index (χ1) is 9.25. The van der Waals surface area contributed by atoms with Crippen LogP contribution in [0, 0.1) is 0 Å². The highest BCUT2D eigenvalue weighted by Gasteiger charge is 2.36. The minimum Gasteiger partial charge on any atom is -0.398 e. The number of rotatable bonds is 2. The molecule has 2 atom stereocenters. The normalized spacial score (nSPS) is 24.4. The number of nitrogen functional groups attached to an aromatic ring is 1.